The minimum atomic E-state index is -0.929. The minimum Gasteiger partial charge on any atom is -0.480 e. The molecule has 2 fully saturated rings. The van der Waals surface area contributed by atoms with Crippen molar-refractivity contribution in [3.8, 4) is 0 Å². The number of hydrogen-bond donors (Lipinski definition) is 2. The largest absolute Gasteiger partial charge is 0.480 e. The number of thioether (sulfide) groups is 1. The van der Waals surface area contributed by atoms with Crippen LogP contribution in [0.25, 0.3) is 0 Å². The predicted molar refractivity (Wildman–Crippen MR) is 60.1 cm³/mol. The van der Waals surface area contributed by atoms with E-state index in [4.69, 9.17) is 10.8 Å². The Kier molecular flexibility index (Phi) is 3.25. The Morgan fingerprint density at radius 1 is 1.44 bits per heavy atom. The van der Waals surface area contributed by atoms with Gasteiger partial charge in [0.15, 0.2) is 0 Å². The molecule has 2 aliphatic rings. The normalized spacial score (nSPS) is 29.8. The number of amides is 2. The number of nitrogens with two attached hydrogens (primary N) is 1. The molecule has 7 heteroatoms. The van der Waals surface area contributed by atoms with Crippen molar-refractivity contribution < 1.29 is 14.7 Å². The summed E-state index contributed by atoms with van der Waals surface area (Å²) in [6.07, 6.45) is 0.796. The van der Waals surface area contributed by atoms with Crippen molar-refractivity contribution in [2.45, 2.75) is 18.5 Å². The summed E-state index contributed by atoms with van der Waals surface area (Å²) in [5.41, 5.74) is 5.72. The molecule has 2 unspecified atom stereocenters. The summed E-state index contributed by atoms with van der Waals surface area (Å²) >= 11 is 1.47. The summed E-state index contributed by atoms with van der Waals surface area (Å²) < 4.78 is 0. The lowest BCUT2D eigenvalue weighted by Gasteiger charge is -2.26. The van der Waals surface area contributed by atoms with Crippen LogP contribution in [0.4, 0.5) is 4.79 Å². The van der Waals surface area contributed by atoms with Gasteiger partial charge < -0.3 is 20.6 Å². The predicted octanol–water partition coefficient (Wildman–Crippen LogP) is -0.401. The number of nitrogens with zero attached hydrogens (tertiary/aromatic N) is 2. The van der Waals surface area contributed by atoms with Crippen LogP contribution in [-0.2, 0) is 4.79 Å². The number of carboxylic acids is 1. The summed E-state index contributed by atoms with van der Waals surface area (Å²) in [5, 5.41) is 8.98. The summed E-state index contributed by atoms with van der Waals surface area (Å²) in [6.45, 7) is 1.17. The average molecular weight is 245 g/mol. The van der Waals surface area contributed by atoms with Crippen molar-refractivity contribution in [2.24, 2.45) is 5.73 Å². The number of carbonyl (C=O) groups is 2. The molecule has 2 aliphatic heterocycles. The third-order valence-corrected chi connectivity index (χ3v) is 3.92. The van der Waals surface area contributed by atoms with E-state index >= 15 is 0 Å². The van der Waals surface area contributed by atoms with E-state index in [9.17, 15) is 9.59 Å². The monoisotopic (exact) mass is 245 g/mol. The Balaban J connectivity index is 2.01. The molecule has 0 saturated carbocycles. The molecule has 0 aliphatic carbocycles. The number of carboxylic acid groups (broad SMARTS) is 1. The smallest absolute Gasteiger partial charge is 0.327 e. The lowest BCUT2D eigenvalue weighted by atomic mass is 10.3. The zero-order chi connectivity index (χ0) is 11.7. The number of aliphatic carboxylic acids is 1. The van der Waals surface area contributed by atoms with E-state index in [1.807, 2.05) is 0 Å². The minimum absolute atomic E-state index is 0.0301. The molecule has 2 saturated heterocycles. The van der Waals surface area contributed by atoms with Crippen molar-refractivity contribution in [2.75, 3.05) is 24.7 Å². The van der Waals surface area contributed by atoms with Crippen LogP contribution >= 0.6 is 11.8 Å². The van der Waals surface area contributed by atoms with Gasteiger partial charge in [-0.25, -0.2) is 9.59 Å². The van der Waals surface area contributed by atoms with E-state index in [0.717, 1.165) is 6.42 Å². The van der Waals surface area contributed by atoms with Gasteiger partial charge in [0.05, 0.1) is 5.88 Å². The zero-order valence-electron chi connectivity index (χ0n) is 8.83. The number of hydrogen-bond acceptors (Lipinski definition) is 4. The zero-order valence-corrected chi connectivity index (χ0v) is 9.65. The maximum atomic E-state index is 12.0. The first-order valence-corrected chi connectivity index (χ1v) is 6.36. The Hall–Kier alpha value is -0.950. The average Bonchev–Trinajstić information content (AvgIpc) is 2.84. The van der Waals surface area contributed by atoms with E-state index in [1.165, 1.54) is 16.7 Å². The van der Waals surface area contributed by atoms with Gasteiger partial charge in [0.25, 0.3) is 0 Å². The first-order valence-electron chi connectivity index (χ1n) is 5.21. The standard InChI is InChI=1S/C9H15N3O3S/c10-6-1-2-11(3-6)9(15)12-5-16-4-7(12)8(13)14/h6-7H,1-5,10H2,(H,13,14). The summed E-state index contributed by atoms with van der Waals surface area (Å²) in [4.78, 5) is 26.0. The fourth-order valence-electron chi connectivity index (χ4n) is 1.98. The Morgan fingerprint density at radius 3 is 2.75 bits per heavy atom. The van der Waals surface area contributed by atoms with Gasteiger partial charge in [-0.3, -0.25) is 0 Å². The van der Waals surface area contributed by atoms with Gasteiger partial charge in [-0.2, -0.15) is 0 Å². The fourth-order valence-corrected chi connectivity index (χ4v) is 3.12. The molecule has 0 bridgehead atoms. The number of urea groups is 1. The molecule has 2 atom stereocenters. The SMILES string of the molecule is NC1CCN(C(=O)N2CSCC2C(=O)O)C1. The van der Waals surface area contributed by atoms with Crippen LogP contribution < -0.4 is 5.73 Å². The Morgan fingerprint density at radius 2 is 2.19 bits per heavy atom. The van der Waals surface area contributed by atoms with Gasteiger partial charge in [0, 0.05) is 24.9 Å². The molecule has 6 nitrogen and oxygen atoms in total. The van der Waals surface area contributed by atoms with E-state index < -0.39 is 12.0 Å². The first kappa shape index (κ1) is 11.5. The summed E-state index contributed by atoms with van der Waals surface area (Å²) in [7, 11) is 0. The molecule has 0 radical (unpaired) electrons. The van der Waals surface area contributed by atoms with E-state index in [0.29, 0.717) is 24.7 Å². The fraction of sp³-hybridized carbons (Fsp3) is 0.778. The van der Waals surface area contributed by atoms with Gasteiger partial charge in [-0.1, -0.05) is 0 Å². The highest BCUT2D eigenvalue weighted by Gasteiger charge is 2.38. The molecular weight excluding hydrogens is 230 g/mol. The van der Waals surface area contributed by atoms with Crippen LogP contribution in [0.2, 0.25) is 0 Å². The van der Waals surface area contributed by atoms with Crippen LogP contribution in [0, 0.1) is 0 Å². The Labute approximate surface area is 97.7 Å². The third-order valence-electron chi connectivity index (χ3n) is 2.91. The van der Waals surface area contributed by atoms with E-state index in [-0.39, 0.29) is 12.1 Å². The lowest BCUT2D eigenvalue weighted by Crippen LogP contribution is -2.48. The third kappa shape index (κ3) is 2.10. The molecule has 0 spiro atoms. The number of likely N-dealkylation sites (tertiary alicyclic amines) is 1. The molecule has 0 aromatic carbocycles. The van der Waals surface area contributed by atoms with Gasteiger partial charge in [0.1, 0.15) is 6.04 Å². The maximum absolute atomic E-state index is 12.0. The van der Waals surface area contributed by atoms with Gasteiger partial charge in [-0.15, -0.1) is 11.8 Å². The molecular formula is C9H15N3O3S. The summed E-state index contributed by atoms with van der Waals surface area (Å²) in [6, 6.07) is -0.845. The second-order valence-corrected chi connectivity index (χ2v) is 5.10. The second kappa shape index (κ2) is 4.50. The van der Waals surface area contributed by atoms with Crippen molar-refractivity contribution >= 4 is 23.8 Å². The number of rotatable bonds is 1. The molecule has 0 aromatic rings. The highest BCUT2D eigenvalue weighted by Crippen LogP contribution is 2.23. The molecule has 2 heterocycles. The molecule has 3 N–H and O–H groups in total. The second-order valence-electron chi connectivity index (χ2n) is 4.10. The quantitative estimate of drug-likeness (QED) is 0.656. The van der Waals surface area contributed by atoms with Crippen molar-refractivity contribution in [3.05, 3.63) is 0 Å². The van der Waals surface area contributed by atoms with Crippen LogP contribution in [0.15, 0.2) is 0 Å². The topological polar surface area (TPSA) is 86.9 Å². The maximum Gasteiger partial charge on any atom is 0.327 e. The van der Waals surface area contributed by atoms with Crippen molar-refractivity contribution in [1.29, 1.82) is 0 Å². The van der Waals surface area contributed by atoms with Crippen LogP contribution in [0.5, 0.6) is 0 Å². The van der Waals surface area contributed by atoms with Gasteiger partial charge in [-0.05, 0) is 6.42 Å². The highest BCUT2D eigenvalue weighted by atomic mass is 32.2. The van der Waals surface area contributed by atoms with Crippen molar-refractivity contribution in [3.63, 3.8) is 0 Å². The van der Waals surface area contributed by atoms with Crippen molar-refractivity contribution in [1.82, 2.24) is 9.80 Å². The summed E-state index contributed by atoms with van der Waals surface area (Å²) in [5.74, 6) is 0.00419. The highest BCUT2D eigenvalue weighted by molar-refractivity contribution is 7.99. The molecule has 2 rings (SSSR count). The molecule has 90 valence electrons. The molecule has 2 amide bonds. The van der Waals surface area contributed by atoms with Crippen LogP contribution in [-0.4, -0.2) is 63.7 Å². The van der Waals surface area contributed by atoms with Gasteiger partial charge in [0.2, 0.25) is 0 Å². The van der Waals surface area contributed by atoms with E-state index in [1.54, 1.807) is 4.90 Å². The Bertz CT molecular complexity index is 312. The molecule has 16 heavy (non-hydrogen) atoms. The van der Waals surface area contributed by atoms with Crippen LogP contribution in [0.1, 0.15) is 6.42 Å². The molecule has 0 aromatic heterocycles. The van der Waals surface area contributed by atoms with Crippen LogP contribution in [0.3, 0.4) is 0 Å². The van der Waals surface area contributed by atoms with E-state index in [2.05, 4.69) is 0 Å². The van der Waals surface area contributed by atoms with Gasteiger partial charge >= 0.3 is 12.0 Å². The number of carbonyl (C=O) groups excluding carboxylic acids is 1. The first-order chi connectivity index (χ1) is 7.59. The lowest BCUT2D eigenvalue weighted by molar-refractivity contribution is -0.140.